The predicted octanol–water partition coefficient (Wildman–Crippen LogP) is 5.38. The third-order valence-electron chi connectivity index (χ3n) is 10.6. The second-order valence-corrected chi connectivity index (χ2v) is 17.6. The van der Waals surface area contributed by atoms with E-state index in [1.165, 1.54) is 0 Å². The van der Waals surface area contributed by atoms with Crippen molar-refractivity contribution < 1.29 is 77.3 Å². The number of hydrogen-bond donors (Lipinski definition) is 3. The molecule has 0 aromatic heterocycles. The smallest absolute Gasteiger partial charge is 0.374 e. The van der Waals surface area contributed by atoms with Gasteiger partial charge in [-0.3, -0.25) is 9.11 Å². The fourth-order valence-electron chi connectivity index (χ4n) is 7.55. The van der Waals surface area contributed by atoms with Crippen molar-refractivity contribution in [1.82, 2.24) is 0 Å². The van der Waals surface area contributed by atoms with Crippen molar-refractivity contribution in [2.75, 3.05) is 13.2 Å². The summed E-state index contributed by atoms with van der Waals surface area (Å²) in [5.41, 5.74) is 3.60. The van der Waals surface area contributed by atoms with Gasteiger partial charge in [0.2, 0.25) is 0 Å². The molecule has 2 aliphatic rings. The molecule has 2 aliphatic heterocycles. The van der Waals surface area contributed by atoms with E-state index in [2.05, 4.69) is 0 Å². The maximum absolute atomic E-state index is 12.9. The van der Waals surface area contributed by atoms with Gasteiger partial charge in [-0.05, 0) is 27.8 Å². The van der Waals surface area contributed by atoms with E-state index in [0.29, 0.717) is 16.7 Å². The summed E-state index contributed by atoms with van der Waals surface area (Å²) in [5.74, 6) is 0. The fourth-order valence-corrected chi connectivity index (χ4v) is 8.36. The van der Waals surface area contributed by atoms with Gasteiger partial charge >= 0.3 is 20.8 Å². The number of benzene rings is 5. The Morgan fingerprint density at radius 1 is 0.424 bits per heavy atom. The van der Waals surface area contributed by atoms with Crippen molar-refractivity contribution in [3.05, 3.63) is 179 Å². The lowest BCUT2D eigenvalue weighted by Gasteiger charge is -2.49. The van der Waals surface area contributed by atoms with Crippen LogP contribution in [0.1, 0.15) is 27.8 Å². The molecule has 10 atom stereocenters. The molecule has 19 heteroatoms. The zero-order chi connectivity index (χ0) is 46.4. The zero-order valence-corrected chi connectivity index (χ0v) is 37.2. The van der Waals surface area contributed by atoms with E-state index in [4.69, 9.17) is 46.3 Å². The first-order valence-electron chi connectivity index (χ1n) is 21.0. The van der Waals surface area contributed by atoms with E-state index in [0.717, 1.165) is 11.1 Å². The highest BCUT2D eigenvalue weighted by molar-refractivity contribution is 7.81. The topological polar surface area (TPSA) is 221 Å². The minimum Gasteiger partial charge on any atom is -0.374 e. The monoisotopic (exact) mass is 952 g/mol. The van der Waals surface area contributed by atoms with Gasteiger partial charge in [0.25, 0.3) is 0 Å². The molecule has 0 amide bonds. The van der Waals surface area contributed by atoms with Gasteiger partial charge in [-0.2, -0.15) is 16.8 Å². The minimum absolute atomic E-state index is 0.0568. The number of rotatable bonds is 23. The van der Waals surface area contributed by atoms with Gasteiger partial charge in [0.15, 0.2) is 12.6 Å². The maximum Gasteiger partial charge on any atom is 0.397 e. The van der Waals surface area contributed by atoms with E-state index < -0.39 is 88.8 Å². The van der Waals surface area contributed by atoms with Gasteiger partial charge in [-0.1, -0.05) is 152 Å². The second-order valence-electron chi connectivity index (χ2n) is 15.5. The summed E-state index contributed by atoms with van der Waals surface area (Å²) in [6.07, 6.45) is -14.9. The molecule has 3 N–H and O–H groups in total. The predicted molar refractivity (Wildman–Crippen MR) is 235 cm³/mol. The highest BCUT2D eigenvalue weighted by Crippen LogP contribution is 2.36. The van der Waals surface area contributed by atoms with Crippen LogP contribution in [-0.4, -0.2) is 106 Å². The van der Waals surface area contributed by atoms with Gasteiger partial charge in [0.05, 0.1) is 46.2 Å². The molecular weight excluding hydrogens is 901 g/mol. The molecule has 66 heavy (non-hydrogen) atoms. The molecule has 0 aliphatic carbocycles. The molecular formula is C47H52O17S2. The number of ether oxygens (including phenoxy) is 8. The Kier molecular flexibility index (Phi) is 17.9. The first-order chi connectivity index (χ1) is 31.9. The van der Waals surface area contributed by atoms with E-state index in [9.17, 15) is 31.0 Å². The van der Waals surface area contributed by atoms with Crippen LogP contribution < -0.4 is 0 Å². The van der Waals surface area contributed by atoms with Crippen LogP contribution in [0.3, 0.4) is 0 Å². The first kappa shape index (κ1) is 49.4. The van der Waals surface area contributed by atoms with Crippen molar-refractivity contribution in [2.45, 2.75) is 94.4 Å². The third kappa shape index (κ3) is 15.0. The number of hydrogen-bond acceptors (Lipinski definition) is 15. The van der Waals surface area contributed by atoms with Crippen LogP contribution >= 0.6 is 0 Å². The van der Waals surface area contributed by atoms with Crippen molar-refractivity contribution in [3.63, 3.8) is 0 Å². The van der Waals surface area contributed by atoms with Crippen LogP contribution in [0.5, 0.6) is 0 Å². The Hall–Kier alpha value is -4.52. The fraction of sp³-hybridized carbons (Fsp3) is 0.362. The van der Waals surface area contributed by atoms with Crippen molar-refractivity contribution >= 4 is 20.8 Å². The summed E-state index contributed by atoms with van der Waals surface area (Å²) in [6, 6.07) is 45.2. The standard InChI is InChI=1S/C47H52O17S2/c48-46-44(58-29-36-22-12-4-13-23-36)42(40(39(61-46)32-60-65(49,50)51)56-27-34-18-8-2-9-19-34)63-47-45(59-30-37-24-14-5-15-25-37)43(64-66(52,53)54)41(57-28-35-20-10-3-11-21-35)38(62-47)31-55-26-33-16-6-1-7-17-33/h1-25,38-48H,26-32H2,(H,49,50,51)(H,52,53,54)/t38-,39-,40+,41+,42+,43+,44-,45-,46-,47-/m1/s1. The lowest BCUT2D eigenvalue weighted by atomic mass is 9.96. The Labute approximate surface area is 383 Å². The molecule has 17 nitrogen and oxygen atoms in total. The number of aliphatic hydroxyl groups excluding tert-OH is 1. The van der Waals surface area contributed by atoms with Gasteiger partial charge in [0, 0.05) is 0 Å². The summed E-state index contributed by atoms with van der Waals surface area (Å²) < 4.78 is 131. The summed E-state index contributed by atoms with van der Waals surface area (Å²) in [5, 5.41) is 11.7. The van der Waals surface area contributed by atoms with Crippen LogP contribution in [0.25, 0.3) is 0 Å². The van der Waals surface area contributed by atoms with Crippen molar-refractivity contribution in [2.24, 2.45) is 0 Å². The molecule has 0 saturated carbocycles. The SMILES string of the molecule is O=S(=O)(O)OC[C@H]1O[C@@H](O)[C@H](OCc2ccccc2)[C@@H](O[C@H]2O[C@H](COCc3ccccc3)[C@H](OCc3ccccc3)[C@H](OS(=O)(=O)O)[C@H]2OCc2ccccc2)[C@H]1OCc1ccccc1. The highest BCUT2D eigenvalue weighted by Gasteiger charge is 2.55. The van der Waals surface area contributed by atoms with Gasteiger partial charge < -0.3 is 43.0 Å². The first-order valence-corrected chi connectivity index (χ1v) is 23.8. The molecule has 0 bridgehead atoms. The lowest BCUT2D eigenvalue weighted by Crippen LogP contribution is -2.66. The Bertz CT molecular complexity index is 2400. The van der Waals surface area contributed by atoms with Crippen LogP contribution in [0.4, 0.5) is 0 Å². The molecule has 2 saturated heterocycles. The summed E-state index contributed by atoms with van der Waals surface area (Å²) in [6.45, 7) is -1.35. The molecule has 2 heterocycles. The van der Waals surface area contributed by atoms with Crippen molar-refractivity contribution in [1.29, 1.82) is 0 Å². The van der Waals surface area contributed by atoms with E-state index in [1.807, 2.05) is 72.8 Å². The van der Waals surface area contributed by atoms with Crippen LogP contribution in [-0.2, 0) is 100 Å². The lowest BCUT2D eigenvalue weighted by molar-refractivity contribution is -0.370. The molecule has 0 spiro atoms. The zero-order valence-electron chi connectivity index (χ0n) is 35.5. The third-order valence-corrected chi connectivity index (χ3v) is 11.5. The average molecular weight is 953 g/mol. The summed E-state index contributed by atoms with van der Waals surface area (Å²) in [4.78, 5) is 0. The molecule has 5 aromatic carbocycles. The molecule has 7 rings (SSSR count). The van der Waals surface area contributed by atoms with Gasteiger partial charge in [-0.15, -0.1) is 0 Å². The van der Waals surface area contributed by atoms with Crippen LogP contribution in [0.2, 0.25) is 0 Å². The Morgan fingerprint density at radius 3 is 1.23 bits per heavy atom. The largest absolute Gasteiger partial charge is 0.397 e. The Morgan fingerprint density at radius 2 is 0.803 bits per heavy atom. The van der Waals surface area contributed by atoms with Gasteiger partial charge in [-0.25, -0.2) is 8.37 Å². The van der Waals surface area contributed by atoms with Gasteiger partial charge in [0.1, 0.15) is 48.8 Å². The molecule has 0 radical (unpaired) electrons. The van der Waals surface area contributed by atoms with E-state index in [1.54, 1.807) is 78.9 Å². The van der Waals surface area contributed by atoms with Crippen molar-refractivity contribution in [3.8, 4) is 0 Å². The summed E-state index contributed by atoms with van der Waals surface area (Å²) >= 11 is 0. The van der Waals surface area contributed by atoms with E-state index >= 15 is 0 Å². The molecule has 354 valence electrons. The Balaban J connectivity index is 1.30. The molecule has 0 unspecified atom stereocenters. The average Bonchev–Trinajstić information content (AvgIpc) is 3.31. The summed E-state index contributed by atoms with van der Waals surface area (Å²) in [7, 11) is -10.3. The van der Waals surface area contributed by atoms with E-state index in [-0.39, 0.29) is 39.6 Å². The highest BCUT2D eigenvalue weighted by atomic mass is 32.3. The molecule has 2 fully saturated rings. The van der Waals surface area contributed by atoms with Crippen LogP contribution in [0.15, 0.2) is 152 Å². The normalized spacial score (nSPS) is 25.9. The number of aliphatic hydroxyl groups is 1. The quantitative estimate of drug-likeness (QED) is 0.0700. The second kappa shape index (κ2) is 24.0. The minimum atomic E-state index is -5.26. The molecule has 5 aromatic rings. The van der Waals surface area contributed by atoms with Crippen LogP contribution in [0, 0.1) is 0 Å². The maximum atomic E-state index is 12.9.